The van der Waals surface area contributed by atoms with E-state index in [0.29, 0.717) is 33.8 Å². The molecular weight excluding hydrogens is 1850 g/mol. The minimum atomic E-state index is -1.89. The number of carbonyl (C=O) groups is 5. The van der Waals surface area contributed by atoms with Crippen molar-refractivity contribution in [3.63, 3.8) is 0 Å². The number of methoxy groups -OCH3 is 2. The van der Waals surface area contributed by atoms with Crippen LogP contribution in [0.2, 0.25) is 0 Å². The number of benzene rings is 12. The first-order valence-corrected chi connectivity index (χ1v) is 49.2. The number of ether oxygens (including phenoxy) is 21. The fraction of sp³-hybridized carbons (Fsp3) is 0.325. The number of rotatable bonds is 42. The van der Waals surface area contributed by atoms with Crippen LogP contribution in [0.15, 0.2) is 340 Å². The lowest BCUT2D eigenvalue weighted by Gasteiger charge is -2.53. The molecular formula is C114H112N2O26S. The predicted octanol–water partition coefficient (Wildman–Crippen LogP) is 17.0. The lowest BCUT2D eigenvalue weighted by molar-refractivity contribution is -0.387. The minimum absolute atomic E-state index is 0.00131. The van der Waals surface area contributed by atoms with Gasteiger partial charge in [0, 0.05) is 18.1 Å². The van der Waals surface area contributed by atoms with Gasteiger partial charge in [-0.2, -0.15) is 0 Å². The standard InChI is InChI=1S/C114H112N2O26S/c1-72(117)132-103-101(130-67-79-45-25-11-26-46-79)95(127-64-76-39-19-8-20-40-76)89(68-124-61-73-33-13-5-14-34-73)136-113(103)141-102-98-92(71-131-109(138-98)80-47-27-12-28-48-80)137-114(143-4)104(102)142-110(81-53-55-82(122-2)56-54-81)139-96-90(69-125-62-74-35-15-6-16-36-74)135-112(94(100(96)129-66-78-43-23-10-24-44-78)116-107(120)87-51-31-32-52-88(87)108(116)121)140-97-91(70-126-63-75-37-17-7-18-38-75)134-111(133-84-59-57-83(123-3)58-60-84)93(99(97)128-65-77-41-21-9-22-42-77)115-105(118)85-49-29-30-50-86(85)106(115)119/h5-60,89-104,109-114H,61-71H2,1-4H3/t89-,90-,91-,92-,93-,94-,95-,96-,97-,98-,99-,100-,101+,102+,103+,104+,109-,110?,111-,112+,113-,114-/m1/s1. The monoisotopic (exact) mass is 1960 g/mol. The van der Waals surface area contributed by atoms with Crippen molar-refractivity contribution in [3.8, 4) is 17.2 Å². The van der Waals surface area contributed by atoms with Crippen LogP contribution in [0.3, 0.4) is 0 Å². The van der Waals surface area contributed by atoms with E-state index in [1.165, 1.54) is 25.8 Å². The molecule has 4 amide bonds. The third-order valence-corrected chi connectivity index (χ3v) is 27.0. The maximum Gasteiger partial charge on any atom is 0.303 e. The molecule has 19 rings (SSSR count). The van der Waals surface area contributed by atoms with Crippen LogP contribution in [0.4, 0.5) is 0 Å². The Morgan fingerprint density at radius 2 is 0.699 bits per heavy atom. The Hall–Kier alpha value is -12.5. The summed E-state index contributed by atoms with van der Waals surface area (Å²) in [5.41, 5.74) is 5.74. The summed E-state index contributed by atoms with van der Waals surface area (Å²) in [5.74, 6) is -2.38. The van der Waals surface area contributed by atoms with Crippen LogP contribution in [0, 0.1) is 0 Å². The van der Waals surface area contributed by atoms with Gasteiger partial charge in [-0.1, -0.05) is 279 Å². The van der Waals surface area contributed by atoms with E-state index >= 15 is 19.2 Å². The number of esters is 1. The fourth-order valence-electron chi connectivity index (χ4n) is 19.1. The van der Waals surface area contributed by atoms with Gasteiger partial charge in [-0.25, -0.2) is 0 Å². The van der Waals surface area contributed by atoms with Gasteiger partial charge in [0.05, 0.1) is 109 Å². The number of hydrogen-bond donors (Lipinski definition) is 0. The third-order valence-electron chi connectivity index (χ3n) is 26.1. The summed E-state index contributed by atoms with van der Waals surface area (Å²) in [7, 11) is 3.08. The normalized spacial score (nSPS) is 26.4. The summed E-state index contributed by atoms with van der Waals surface area (Å²) in [6.45, 7) is 0.447. The van der Waals surface area contributed by atoms with Gasteiger partial charge in [0.2, 0.25) is 6.29 Å². The first-order valence-electron chi connectivity index (χ1n) is 47.9. The highest BCUT2D eigenvalue weighted by molar-refractivity contribution is 7.99. The molecule has 0 bridgehead atoms. The number of nitrogens with zero attached hydrogens (tertiary/aromatic N) is 2. The van der Waals surface area contributed by atoms with Crippen LogP contribution < -0.4 is 14.2 Å². The average molecular weight is 1960 g/mol. The molecule has 0 saturated carbocycles. The molecule has 7 aliphatic rings. The zero-order valence-electron chi connectivity index (χ0n) is 79.2. The van der Waals surface area contributed by atoms with Crippen molar-refractivity contribution < 1.29 is 123 Å². The molecule has 5 saturated heterocycles. The van der Waals surface area contributed by atoms with Crippen LogP contribution in [-0.2, 0) is 136 Å². The van der Waals surface area contributed by atoms with E-state index in [4.69, 9.17) is 99.5 Å². The molecule has 7 aliphatic heterocycles. The Morgan fingerprint density at radius 1 is 0.350 bits per heavy atom. The molecule has 5 fully saturated rings. The van der Waals surface area contributed by atoms with Crippen molar-refractivity contribution >= 4 is 41.4 Å². The highest BCUT2D eigenvalue weighted by Gasteiger charge is 2.63. The summed E-state index contributed by atoms with van der Waals surface area (Å²) < 4.78 is 151. The van der Waals surface area contributed by atoms with Crippen molar-refractivity contribution in [2.75, 3.05) is 46.9 Å². The van der Waals surface area contributed by atoms with Crippen LogP contribution in [0.25, 0.3) is 0 Å². The number of amides is 4. The zero-order valence-corrected chi connectivity index (χ0v) is 80.0. The van der Waals surface area contributed by atoms with Crippen molar-refractivity contribution in [1.29, 1.82) is 0 Å². The Balaban J connectivity index is 0.772. The van der Waals surface area contributed by atoms with E-state index in [0.717, 1.165) is 37.6 Å². The lowest BCUT2D eigenvalue weighted by Crippen LogP contribution is -2.71. The fourth-order valence-corrected chi connectivity index (χ4v) is 19.9. The first-order chi connectivity index (χ1) is 70.3. The number of hydrogen-bond acceptors (Lipinski definition) is 27. The van der Waals surface area contributed by atoms with Gasteiger partial charge in [0.1, 0.15) is 114 Å². The summed E-state index contributed by atoms with van der Waals surface area (Å²) in [6, 6.07) is 99.5. The average Bonchev–Trinajstić information content (AvgIpc) is 1.70. The molecule has 0 N–H and O–H groups in total. The van der Waals surface area contributed by atoms with Gasteiger partial charge in [-0.05, 0) is 106 Å². The maximum atomic E-state index is 16.5. The highest BCUT2D eigenvalue weighted by atomic mass is 32.2. The van der Waals surface area contributed by atoms with Gasteiger partial charge >= 0.3 is 5.97 Å². The molecule has 0 aliphatic carbocycles. The van der Waals surface area contributed by atoms with E-state index in [2.05, 4.69) is 0 Å². The Labute approximate surface area is 833 Å². The molecule has 143 heavy (non-hydrogen) atoms. The summed E-state index contributed by atoms with van der Waals surface area (Å²) in [5, 5.41) is 0. The number of carbonyl (C=O) groups excluding carboxylic acids is 5. The van der Waals surface area contributed by atoms with Gasteiger partial charge in [-0.3, -0.25) is 33.8 Å². The number of thioether (sulfide) groups is 1. The van der Waals surface area contributed by atoms with Crippen LogP contribution in [-0.4, -0.2) is 208 Å². The summed E-state index contributed by atoms with van der Waals surface area (Å²) >= 11 is 1.30. The predicted molar refractivity (Wildman–Crippen MR) is 522 cm³/mol. The van der Waals surface area contributed by atoms with Crippen LogP contribution in [0.1, 0.15) is 111 Å². The van der Waals surface area contributed by atoms with E-state index in [1.807, 2.05) is 249 Å². The molecule has 1 unspecified atom stereocenters. The minimum Gasteiger partial charge on any atom is -0.497 e. The van der Waals surface area contributed by atoms with Crippen LogP contribution >= 0.6 is 11.8 Å². The molecule has 28 nitrogen and oxygen atoms in total. The molecule has 29 heteroatoms. The SMILES string of the molecule is COc1ccc(O[C@@H]2O[C@H](COCc3ccccc3)[C@@H](O[C@@H]3O[C@H](COCc4ccccc4)[C@@H](OC(O[C@H]4[C@@H](O[C@H]5O[C@H](COCc6ccccc6)[C@@H](OCc6ccccc6)[C@H](OCc6ccccc6)[C@@H]5OC(C)=O)[C@@H]5O[C@H](c6ccccc6)OC[C@H]5O[C@@H]4SC)c4ccc(OC)cc4)[C@H](OCc4ccccc4)[C@H]3N3C(=O)c4ccccc4C3=O)[C@H](OCc3ccccc3)[C@H]2N2C(=O)c3ccccc3C2=O)cc1. The second-order valence-electron chi connectivity index (χ2n) is 35.5. The topological polar surface area (TPSA) is 286 Å². The lowest BCUT2D eigenvalue weighted by atomic mass is 9.92. The van der Waals surface area contributed by atoms with Crippen molar-refractivity contribution in [1.82, 2.24) is 9.80 Å². The van der Waals surface area contributed by atoms with Crippen LogP contribution in [0.5, 0.6) is 17.2 Å². The molecule has 22 atom stereocenters. The second-order valence-corrected chi connectivity index (χ2v) is 36.5. The van der Waals surface area contributed by atoms with E-state index in [-0.39, 0.29) is 101 Å². The second kappa shape index (κ2) is 47.8. The Bertz CT molecular complexity index is 6060. The Kier molecular flexibility index (Phi) is 33.1. The summed E-state index contributed by atoms with van der Waals surface area (Å²) in [6.07, 6.45) is -24.3. The molecule has 740 valence electrons. The molecule has 7 heterocycles. The molecule has 12 aromatic carbocycles. The quantitative estimate of drug-likeness (QED) is 0.0195. The molecule has 0 radical (unpaired) electrons. The molecule has 12 aromatic rings. The van der Waals surface area contributed by atoms with Gasteiger partial charge in [0.25, 0.3) is 23.6 Å². The first kappa shape index (κ1) is 99.2. The van der Waals surface area contributed by atoms with Gasteiger partial charge < -0.3 is 99.5 Å². The smallest absolute Gasteiger partial charge is 0.303 e. The number of fused-ring (bicyclic) bond motifs is 3. The highest BCUT2D eigenvalue weighted by Crippen LogP contribution is 2.48. The molecule has 0 spiro atoms. The zero-order chi connectivity index (χ0) is 97.9. The third kappa shape index (κ3) is 23.6. The Morgan fingerprint density at radius 3 is 1.13 bits per heavy atom. The van der Waals surface area contributed by atoms with Gasteiger partial charge in [-0.15, -0.1) is 11.8 Å². The van der Waals surface area contributed by atoms with Crippen molar-refractivity contribution in [2.45, 2.75) is 188 Å². The van der Waals surface area contributed by atoms with Crippen molar-refractivity contribution in [3.05, 3.63) is 412 Å². The maximum absolute atomic E-state index is 16.5. The largest absolute Gasteiger partial charge is 0.497 e. The van der Waals surface area contributed by atoms with Crippen molar-refractivity contribution in [2.24, 2.45) is 0 Å². The number of imide groups is 2. The van der Waals surface area contributed by atoms with E-state index in [9.17, 15) is 4.79 Å². The summed E-state index contributed by atoms with van der Waals surface area (Å²) in [4.78, 5) is 81.0. The van der Waals surface area contributed by atoms with Gasteiger partial charge in [0.15, 0.2) is 31.3 Å². The van der Waals surface area contributed by atoms with E-state index < -0.39 is 164 Å². The van der Waals surface area contributed by atoms with E-state index in [1.54, 1.807) is 104 Å². The molecule has 0 aromatic heterocycles.